The summed E-state index contributed by atoms with van der Waals surface area (Å²) < 4.78 is 61.7. The second kappa shape index (κ2) is 5.08. The van der Waals surface area contributed by atoms with Gasteiger partial charge in [-0.25, -0.2) is 8.78 Å². The van der Waals surface area contributed by atoms with Gasteiger partial charge >= 0.3 is 6.18 Å². The molecule has 0 radical (unpaired) electrons. The summed E-state index contributed by atoms with van der Waals surface area (Å²) >= 11 is 5.49. The highest BCUT2D eigenvalue weighted by Gasteiger charge is 2.31. The maximum absolute atomic E-state index is 12.4. The second-order valence-corrected chi connectivity index (χ2v) is 3.93. The first-order chi connectivity index (χ1) is 7.70. The van der Waals surface area contributed by atoms with Crippen molar-refractivity contribution < 1.29 is 22.0 Å². The van der Waals surface area contributed by atoms with E-state index in [0.717, 1.165) is 18.2 Å². The molecule has 17 heavy (non-hydrogen) atoms. The summed E-state index contributed by atoms with van der Waals surface area (Å²) in [5.74, 6) is 0. The van der Waals surface area contributed by atoms with Crippen LogP contribution in [0.15, 0.2) is 18.2 Å². The lowest BCUT2D eigenvalue weighted by Crippen LogP contribution is -2.24. The molecule has 0 saturated carbocycles. The summed E-state index contributed by atoms with van der Waals surface area (Å²) in [6.07, 6.45) is -7.24. The fraction of sp³-hybridized carbons (Fsp3) is 0.400. The van der Waals surface area contributed by atoms with E-state index in [1.807, 2.05) is 0 Å². The van der Waals surface area contributed by atoms with Crippen molar-refractivity contribution >= 4 is 17.3 Å². The van der Waals surface area contributed by atoms with Crippen LogP contribution < -0.4 is 5.32 Å². The Morgan fingerprint density at radius 1 is 1.18 bits per heavy atom. The molecule has 0 spiro atoms. The summed E-state index contributed by atoms with van der Waals surface area (Å²) in [5.41, 5.74) is -1.06. The lowest BCUT2D eigenvalue weighted by Gasteiger charge is -2.16. The minimum absolute atomic E-state index is 0.0855. The lowest BCUT2D eigenvalue weighted by molar-refractivity contribution is -0.137. The first-order valence-electron chi connectivity index (χ1n) is 4.62. The van der Waals surface area contributed by atoms with Crippen LogP contribution in [0.25, 0.3) is 0 Å². The minimum atomic E-state index is -4.56. The van der Waals surface area contributed by atoms with Crippen molar-refractivity contribution in [2.24, 2.45) is 0 Å². The molecular formula is C10H9ClF5N. The smallest absolute Gasteiger partial charge is 0.377 e. The third-order valence-electron chi connectivity index (χ3n) is 2.00. The molecule has 1 atom stereocenters. The zero-order chi connectivity index (χ0) is 13.2. The molecule has 1 N–H and O–H groups in total. The van der Waals surface area contributed by atoms with Gasteiger partial charge in [-0.3, -0.25) is 0 Å². The summed E-state index contributed by atoms with van der Waals surface area (Å²) in [6, 6.07) is 1.38. The van der Waals surface area contributed by atoms with E-state index in [-0.39, 0.29) is 10.7 Å². The highest BCUT2D eigenvalue weighted by atomic mass is 35.5. The molecule has 0 aliphatic heterocycles. The average Bonchev–Trinajstić information content (AvgIpc) is 2.15. The van der Waals surface area contributed by atoms with Crippen LogP contribution in [0, 0.1) is 0 Å². The predicted octanol–water partition coefficient (Wildman–Crippen LogP) is 4.42. The van der Waals surface area contributed by atoms with Gasteiger partial charge in [-0.2, -0.15) is 13.2 Å². The number of nitrogens with one attached hydrogen (secondary N) is 1. The largest absolute Gasteiger partial charge is 0.416 e. The molecular weight excluding hydrogens is 265 g/mol. The van der Waals surface area contributed by atoms with Gasteiger partial charge < -0.3 is 5.32 Å². The van der Waals surface area contributed by atoms with E-state index in [2.05, 4.69) is 5.32 Å². The Morgan fingerprint density at radius 2 is 1.76 bits per heavy atom. The van der Waals surface area contributed by atoms with Gasteiger partial charge in [-0.05, 0) is 25.1 Å². The standard InChI is InChI=1S/C10H9ClF5N/c1-5(9(12)13)17-8-3-6(10(14,15)16)2-7(11)4-8/h2-5,9,17H,1H3. The number of hydrogen-bond donors (Lipinski definition) is 1. The predicted molar refractivity (Wildman–Crippen MR) is 55.5 cm³/mol. The summed E-state index contributed by atoms with van der Waals surface area (Å²) in [4.78, 5) is 0. The molecule has 0 aliphatic carbocycles. The van der Waals surface area contributed by atoms with Crippen molar-refractivity contribution in [2.45, 2.75) is 25.6 Å². The summed E-state index contributed by atoms with van der Waals surface area (Å²) in [5, 5.41) is 2.10. The molecule has 7 heteroatoms. The average molecular weight is 274 g/mol. The van der Waals surface area contributed by atoms with Crippen LogP contribution in [0.2, 0.25) is 5.02 Å². The molecule has 0 heterocycles. The number of rotatable bonds is 3. The van der Waals surface area contributed by atoms with Gasteiger partial charge in [-0.1, -0.05) is 11.6 Å². The molecule has 0 amide bonds. The fourth-order valence-corrected chi connectivity index (χ4v) is 1.40. The highest BCUT2D eigenvalue weighted by molar-refractivity contribution is 6.30. The highest BCUT2D eigenvalue weighted by Crippen LogP contribution is 2.33. The normalized spacial score (nSPS) is 13.9. The zero-order valence-electron chi connectivity index (χ0n) is 8.65. The second-order valence-electron chi connectivity index (χ2n) is 3.49. The van der Waals surface area contributed by atoms with Crippen LogP contribution >= 0.6 is 11.6 Å². The molecule has 1 aromatic carbocycles. The van der Waals surface area contributed by atoms with E-state index in [9.17, 15) is 22.0 Å². The van der Waals surface area contributed by atoms with Crippen LogP contribution in [0.1, 0.15) is 12.5 Å². The molecule has 0 bridgehead atoms. The third kappa shape index (κ3) is 4.03. The van der Waals surface area contributed by atoms with Crippen molar-refractivity contribution in [1.29, 1.82) is 0 Å². The van der Waals surface area contributed by atoms with Crippen molar-refractivity contribution in [1.82, 2.24) is 0 Å². The Morgan fingerprint density at radius 3 is 2.24 bits per heavy atom. The minimum Gasteiger partial charge on any atom is -0.377 e. The SMILES string of the molecule is CC(Nc1cc(Cl)cc(C(F)(F)F)c1)C(F)F. The van der Waals surface area contributed by atoms with E-state index < -0.39 is 24.2 Å². The molecule has 0 fully saturated rings. The fourth-order valence-electron chi connectivity index (χ4n) is 1.16. The number of hydrogen-bond acceptors (Lipinski definition) is 1. The quantitative estimate of drug-likeness (QED) is 0.804. The Hall–Kier alpha value is -1.04. The van der Waals surface area contributed by atoms with Crippen LogP contribution in [-0.4, -0.2) is 12.5 Å². The molecule has 1 aromatic rings. The molecule has 1 unspecified atom stereocenters. The van der Waals surface area contributed by atoms with Gasteiger partial charge in [0.2, 0.25) is 0 Å². The van der Waals surface area contributed by atoms with E-state index in [4.69, 9.17) is 11.6 Å². The van der Waals surface area contributed by atoms with Crippen LogP contribution in [0.3, 0.4) is 0 Å². The monoisotopic (exact) mass is 273 g/mol. The van der Waals surface area contributed by atoms with Gasteiger partial charge in [0.25, 0.3) is 6.43 Å². The first-order valence-corrected chi connectivity index (χ1v) is 5.00. The number of benzene rings is 1. The third-order valence-corrected chi connectivity index (χ3v) is 2.22. The first kappa shape index (κ1) is 14.0. The van der Waals surface area contributed by atoms with E-state index in [1.54, 1.807) is 0 Å². The van der Waals surface area contributed by atoms with Crippen molar-refractivity contribution in [3.63, 3.8) is 0 Å². The molecule has 0 aliphatic rings. The van der Waals surface area contributed by atoms with Crippen LogP contribution in [0.4, 0.5) is 27.6 Å². The lowest BCUT2D eigenvalue weighted by atomic mass is 10.2. The van der Waals surface area contributed by atoms with E-state index in [0.29, 0.717) is 0 Å². The molecule has 1 nitrogen and oxygen atoms in total. The van der Waals surface area contributed by atoms with Gasteiger partial charge in [0.15, 0.2) is 0 Å². The van der Waals surface area contributed by atoms with Gasteiger partial charge in [0.05, 0.1) is 11.6 Å². The van der Waals surface area contributed by atoms with Crippen molar-refractivity contribution in [3.05, 3.63) is 28.8 Å². The summed E-state index contributed by atoms with van der Waals surface area (Å²) in [6.45, 7) is 1.17. The van der Waals surface area contributed by atoms with Crippen molar-refractivity contribution in [3.8, 4) is 0 Å². The number of anilines is 1. The van der Waals surface area contributed by atoms with Gasteiger partial charge in [0.1, 0.15) is 0 Å². The van der Waals surface area contributed by atoms with Gasteiger partial charge in [0, 0.05) is 10.7 Å². The zero-order valence-corrected chi connectivity index (χ0v) is 9.41. The van der Waals surface area contributed by atoms with Crippen LogP contribution in [-0.2, 0) is 6.18 Å². The molecule has 0 saturated heterocycles. The van der Waals surface area contributed by atoms with E-state index >= 15 is 0 Å². The Kier molecular flexibility index (Phi) is 4.19. The summed E-state index contributed by atoms with van der Waals surface area (Å²) in [7, 11) is 0. The Balaban J connectivity index is 2.98. The van der Waals surface area contributed by atoms with Crippen molar-refractivity contribution in [2.75, 3.05) is 5.32 Å². The molecule has 0 aromatic heterocycles. The molecule has 96 valence electrons. The molecule has 1 rings (SSSR count). The van der Waals surface area contributed by atoms with E-state index in [1.165, 1.54) is 6.92 Å². The number of alkyl halides is 5. The number of halogens is 6. The van der Waals surface area contributed by atoms with Gasteiger partial charge in [-0.15, -0.1) is 0 Å². The Bertz CT molecular complexity index is 391. The maximum atomic E-state index is 12.4. The Labute approximate surface area is 99.6 Å². The maximum Gasteiger partial charge on any atom is 0.416 e. The van der Waals surface area contributed by atoms with Crippen LogP contribution in [0.5, 0.6) is 0 Å². The topological polar surface area (TPSA) is 12.0 Å².